The number of anilines is 2. The van der Waals surface area contributed by atoms with Crippen LogP contribution in [0.5, 0.6) is 0 Å². The minimum Gasteiger partial charge on any atom is -0.359 e. The number of carbonyl (C=O) groups excluding carboxylic acids is 1. The molecular weight excluding hydrogens is 160 g/mol. The van der Waals surface area contributed by atoms with Gasteiger partial charge < -0.3 is 15.6 Å². The Hall–Kier alpha value is -1.85. The maximum atomic E-state index is 11.1. The van der Waals surface area contributed by atoms with Gasteiger partial charge in [0.1, 0.15) is 5.69 Å². The molecule has 1 aliphatic rings. The molecule has 1 aliphatic heterocycles. The van der Waals surface area contributed by atoms with Crippen molar-refractivity contribution in [3.8, 4) is 0 Å². The Bertz CT molecular complexity index is 383. The first-order chi connectivity index (χ1) is 5.77. The zero-order chi connectivity index (χ0) is 8.55. The van der Waals surface area contributed by atoms with Gasteiger partial charge in [-0.05, 0) is 0 Å². The van der Waals surface area contributed by atoms with E-state index in [0.29, 0.717) is 5.82 Å². The van der Waals surface area contributed by atoms with Crippen molar-refractivity contribution in [1.29, 1.82) is 0 Å². The summed E-state index contributed by atoms with van der Waals surface area (Å²) in [5.41, 5.74) is -0.158. The van der Waals surface area contributed by atoms with Crippen molar-refractivity contribution in [1.82, 2.24) is 9.97 Å². The van der Waals surface area contributed by atoms with Crippen LogP contribution in [-0.2, 0) is 4.79 Å². The van der Waals surface area contributed by atoms with Gasteiger partial charge in [0.15, 0.2) is 5.82 Å². The molecule has 2 rings (SSSR count). The van der Waals surface area contributed by atoms with Crippen molar-refractivity contribution in [3.63, 3.8) is 0 Å². The van der Waals surface area contributed by atoms with Crippen LogP contribution >= 0.6 is 0 Å². The average molecular weight is 166 g/mol. The smallest absolute Gasteiger partial charge is 0.276 e. The molecule has 0 aliphatic carbocycles. The highest BCUT2D eigenvalue weighted by Gasteiger charge is 2.17. The molecule has 1 aromatic heterocycles. The molecule has 1 amide bonds. The largest absolute Gasteiger partial charge is 0.359 e. The van der Waals surface area contributed by atoms with Gasteiger partial charge in [0.2, 0.25) is 5.91 Å². The lowest BCUT2D eigenvalue weighted by atomic mass is 10.3. The van der Waals surface area contributed by atoms with Gasteiger partial charge in [-0.3, -0.25) is 9.59 Å². The van der Waals surface area contributed by atoms with E-state index in [0.717, 1.165) is 0 Å². The van der Waals surface area contributed by atoms with E-state index < -0.39 is 0 Å². The van der Waals surface area contributed by atoms with Crippen molar-refractivity contribution in [2.24, 2.45) is 0 Å². The molecule has 0 aromatic carbocycles. The molecule has 1 aromatic rings. The van der Waals surface area contributed by atoms with Crippen molar-refractivity contribution < 1.29 is 4.79 Å². The van der Waals surface area contributed by atoms with Crippen LogP contribution in [0.15, 0.2) is 11.1 Å². The van der Waals surface area contributed by atoms with Crippen LogP contribution in [-0.4, -0.2) is 22.4 Å². The molecule has 0 saturated heterocycles. The topological polar surface area (TPSA) is 86.9 Å². The summed E-state index contributed by atoms with van der Waals surface area (Å²) in [5.74, 6) is 0.180. The number of hydrogen-bond donors (Lipinski definition) is 3. The molecule has 0 unspecified atom stereocenters. The van der Waals surface area contributed by atoms with Crippen LogP contribution in [0.1, 0.15) is 0 Å². The van der Waals surface area contributed by atoms with E-state index in [4.69, 9.17) is 0 Å². The standard InChI is InChI=1S/C6H6N4O2/c11-3-1-7-5-4(10-3)6(12)9-2-8-5/h2H,1H2,(H,10,11)(H2,7,8,9,12). The number of aromatic amines is 1. The number of rotatable bonds is 0. The van der Waals surface area contributed by atoms with Gasteiger partial charge in [0.05, 0.1) is 12.9 Å². The van der Waals surface area contributed by atoms with Crippen LogP contribution in [0.2, 0.25) is 0 Å². The molecule has 0 radical (unpaired) electrons. The van der Waals surface area contributed by atoms with Gasteiger partial charge in [-0.15, -0.1) is 0 Å². The van der Waals surface area contributed by atoms with E-state index >= 15 is 0 Å². The van der Waals surface area contributed by atoms with Crippen LogP contribution < -0.4 is 16.2 Å². The Kier molecular flexibility index (Phi) is 1.33. The average Bonchev–Trinajstić information content (AvgIpc) is 2.07. The number of hydrogen-bond acceptors (Lipinski definition) is 4. The number of nitrogens with one attached hydrogen (secondary N) is 3. The lowest BCUT2D eigenvalue weighted by Crippen LogP contribution is -2.32. The summed E-state index contributed by atoms with van der Waals surface area (Å²) in [6.45, 7) is 0.156. The number of nitrogens with zero attached hydrogens (tertiary/aromatic N) is 1. The Morgan fingerprint density at radius 1 is 1.42 bits per heavy atom. The predicted octanol–water partition coefficient (Wildman–Crippen LogP) is -0.866. The van der Waals surface area contributed by atoms with Gasteiger partial charge in [-0.25, -0.2) is 4.98 Å². The molecule has 12 heavy (non-hydrogen) atoms. The van der Waals surface area contributed by atoms with Crippen molar-refractivity contribution in [2.45, 2.75) is 0 Å². The summed E-state index contributed by atoms with van der Waals surface area (Å²) in [4.78, 5) is 28.1. The molecule has 0 atom stereocenters. The van der Waals surface area contributed by atoms with Crippen molar-refractivity contribution in [3.05, 3.63) is 16.7 Å². The number of aromatic nitrogens is 2. The van der Waals surface area contributed by atoms with Crippen molar-refractivity contribution >= 4 is 17.4 Å². The Morgan fingerprint density at radius 3 is 3.08 bits per heavy atom. The van der Waals surface area contributed by atoms with Crippen molar-refractivity contribution in [2.75, 3.05) is 17.2 Å². The molecule has 0 fully saturated rings. The van der Waals surface area contributed by atoms with E-state index in [9.17, 15) is 9.59 Å². The van der Waals surface area contributed by atoms with Gasteiger partial charge in [-0.1, -0.05) is 0 Å². The predicted molar refractivity (Wildman–Crippen MR) is 42.0 cm³/mol. The maximum absolute atomic E-state index is 11.1. The molecule has 2 heterocycles. The minimum absolute atomic E-state index is 0.156. The second kappa shape index (κ2) is 2.33. The van der Waals surface area contributed by atoms with E-state index in [1.165, 1.54) is 6.33 Å². The van der Waals surface area contributed by atoms with Gasteiger partial charge in [-0.2, -0.15) is 0 Å². The van der Waals surface area contributed by atoms with Gasteiger partial charge in [0, 0.05) is 0 Å². The molecule has 3 N–H and O–H groups in total. The molecule has 6 heteroatoms. The number of carbonyl (C=O) groups is 1. The zero-order valence-electron chi connectivity index (χ0n) is 6.05. The third-order valence-electron chi connectivity index (χ3n) is 1.53. The Labute approximate surface area is 67.0 Å². The molecular formula is C6H6N4O2. The summed E-state index contributed by atoms with van der Waals surface area (Å²) < 4.78 is 0. The number of fused-ring (bicyclic) bond motifs is 1. The van der Waals surface area contributed by atoms with E-state index in [1.807, 2.05) is 0 Å². The monoisotopic (exact) mass is 166 g/mol. The second-order valence-electron chi connectivity index (χ2n) is 2.36. The van der Waals surface area contributed by atoms with E-state index in [-0.39, 0.29) is 23.7 Å². The summed E-state index contributed by atoms with van der Waals surface area (Å²) in [7, 11) is 0. The molecule has 62 valence electrons. The van der Waals surface area contributed by atoms with Crippen LogP contribution in [0, 0.1) is 0 Å². The first kappa shape index (κ1) is 6.84. The van der Waals surface area contributed by atoms with E-state index in [2.05, 4.69) is 20.6 Å². The summed E-state index contributed by atoms with van der Waals surface area (Å²) in [5, 5.41) is 5.13. The first-order valence-electron chi connectivity index (χ1n) is 3.39. The van der Waals surface area contributed by atoms with Gasteiger partial charge >= 0.3 is 0 Å². The normalized spacial score (nSPS) is 14.5. The summed E-state index contributed by atoms with van der Waals surface area (Å²) in [6.07, 6.45) is 1.28. The first-order valence-corrected chi connectivity index (χ1v) is 3.39. The second-order valence-corrected chi connectivity index (χ2v) is 2.36. The summed E-state index contributed by atoms with van der Waals surface area (Å²) >= 11 is 0. The lowest BCUT2D eigenvalue weighted by molar-refractivity contribution is -0.114. The Morgan fingerprint density at radius 2 is 2.25 bits per heavy atom. The summed E-state index contributed by atoms with van der Waals surface area (Å²) in [6, 6.07) is 0. The Balaban J connectivity index is 2.57. The third-order valence-corrected chi connectivity index (χ3v) is 1.53. The minimum atomic E-state index is -0.347. The maximum Gasteiger partial charge on any atom is 0.276 e. The van der Waals surface area contributed by atoms with E-state index in [1.54, 1.807) is 0 Å². The SMILES string of the molecule is O=C1CNc2nc[nH]c(=O)c2N1. The number of H-pyrrole nitrogens is 1. The fourth-order valence-corrected chi connectivity index (χ4v) is 0.997. The van der Waals surface area contributed by atoms with Crippen LogP contribution in [0.4, 0.5) is 11.5 Å². The molecule has 6 nitrogen and oxygen atoms in total. The number of amides is 1. The molecule has 0 bridgehead atoms. The lowest BCUT2D eigenvalue weighted by Gasteiger charge is -2.15. The fraction of sp³-hybridized carbons (Fsp3) is 0.167. The van der Waals surface area contributed by atoms with Gasteiger partial charge in [0.25, 0.3) is 5.56 Å². The third kappa shape index (κ3) is 0.931. The highest BCUT2D eigenvalue weighted by Crippen LogP contribution is 2.14. The highest BCUT2D eigenvalue weighted by molar-refractivity contribution is 5.99. The van der Waals surface area contributed by atoms with Crippen LogP contribution in [0.25, 0.3) is 0 Å². The fourth-order valence-electron chi connectivity index (χ4n) is 0.997. The van der Waals surface area contributed by atoms with Crippen LogP contribution in [0.3, 0.4) is 0 Å². The molecule has 0 saturated carbocycles. The quantitative estimate of drug-likeness (QED) is 0.467. The highest BCUT2D eigenvalue weighted by atomic mass is 16.2. The zero-order valence-corrected chi connectivity index (χ0v) is 6.05. The molecule has 0 spiro atoms.